The van der Waals surface area contributed by atoms with Gasteiger partial charge in [-0.2, -0.15) is 0 Å². The van der Waals surface area contributed by atoms with Gasteiger partial charge in [0.1, 0.15) is 16.4 Å². The van der Waals surface area contributed by atoms with E-state index in [1.54, 1.807) is 26.3 Å². The first-order chi connectivity index (χ1) is 13.5. The van der Waals surface area contributed by atoms with Crippen molar-refractivity contribution in [2.45, 2.75) is 13.0 Å². The predicted molar refractivity (Wildman–Crippen MR) is 108 cm³/mol. The van der Waals surface area contributed by atoms with Crippen molar-refractivity contribution in [1.82, 2.24) is 19.9 Å². The Kier molecular flexibility index (Phi) is 5.91. The van der Waals surface area contributed by atoms with Crippen LogP contribution in [0.3, 0.4) is 0 Å². The minimum atomic E-state index is -0.481. The van der Waals surface area contributed by atoms with E-state index in [0.29, 0.717) is 16.9 Å². The van der Waals surface area contributed by atoms with E-state index in [1.165, 1.54) is 4.57 Å². The summed E-state index contributed by atoms with van der Waals surface area (Å²) in [6.07, 6.45) is 0. The van der Waals surface area contributed by atoms with Crippen LogP contribution in [-0.4, -0.2) is 41.1 Å². The maximum atomic E-state index is 13.2. The average Bonchev–Trinajstić information content (AvgIpc) is 2.68. The van der Waals surface area contributed by atoms with Crippen LogP contribution in [0.25, 0.3) is 11.2 Å². The van der Waals surface area contributed by atoms with Crippen LogP contribution >= 0.6 is 11.6 Å². The molecule has 0 fully saturated rings. The van der Waals surface area contributed by atoms with Crippen LogP contribution in [0, 0.1) is 0 Å². The molecule has 0 bridgehead atoms. The molecule has 2 N–H and O–H groups in total. The molecule has 2 heterocycles. The van der Waals surface area contributed by atoms with Gasteiger partial charge in [-0.15, -0.1) is 0 Å². The summed E-state index contributed by atoms with van der Waals surface area (Å²) in [5, 5.41) is 5.53. The van der Waals surface area contributed by atoms with Crippen LogP contribution in [0.1, 0.15) is 18.5 Å². The Morgan fingerprint density at radius 3 is 2.71 bits per heavy atom. The lowest BCUT2D eigenvalue weighted by Crippen LogP contribution is -2.33. The van der Waals surface area contributed by atoms with E-state index in [2.05, 4.69) is 20.6 Å². The van der Waals surface area contributed by atoms with Gasteiger partial charge in [0.05, 0.1) is 19.7 Å². The molecule has 0 radical (unpaired) electrons. The number of nitrogens with zero attached hydrogens (tertiary/aromatic N) is 3. The van der Waals surface area contributed by atoms with Gasteiger partial charge in [0.25, 0.3) is 5.56 Å². The fraction of sp³-hybridized carbons (Fsp3) is 0.263. The van der Waals surface area contributed by atoms with E-state index >= 15 is 0 Å². The third-order valence-corrected chi connectivity index (χ3v) is 4.48. The summed E-state index contributed by atoms with van der Waals surface area (Å²) < 4.78 is 6.89. The van der Waals surface area contributed by atoms with E-state index in [9.17, 15) is 9.59 Å². The normalized spacial score (nSPS) is 12.0. The van der Waals surface area contributed by atoms with E-state index in [-0.39, 0.29) is 23.4 Å². The Bertz CT molecular complexity index is 1080. The summed E-state index contributed by atoms with van der Waals surface area (Å²) in [4.78, 5) is 33.7. The molecule has 0 spiro atoms. The van der Waals surface area contributed by atoms with Gasteiger partial charge in [-0.25, -0.2) is 9.97 Å². The maximum Gasteiger partial charge on any atom is 0.295 e. The summed E-state index contributed by atoms with van der Waals surface area (Å²) >= 11 is 6.06. The van der Waals surface area contributed by atoms with Crippen molar-refractivity contribution in [3.63, 3.8) is 0 Å². The number of nitrogens with one attached hydrogen (secondary N) is 2. The molecule has 0 saturated carbocycles. The predicted octanol–water partition coefficient (Wildman–Crippen LogP) is 2.22. The van der Waals surface area contributed by atoms with Gasteiger partial charge in [0, 0.05) is 5.56 Å². The largest absolute Gasteiger partial charge is 0.496 e. The number of benzene rings is 1. The zero-order valence-electron chi connectivity index (χ0n) is 15.7. The summed E-state index contributed by atoms with van der Waals surface area (Å²) in [7, 11) is 3.21. The number of methoxy groups -OCH3 is 1. The quantitative estimate of drug-likeness (QED) is 0.614. The highest BCUT2D eigenvalue weighted by atomic mass is 35.5. The second-order valence-corrected chi connectivity index (χ2v) is 6.50. The Hall–Kier alpha value is -2.97. The van der Waals surface area contributed by atoms with Gasteiger partial charge in [-0.1, -0.05) is 29.8 Å². The van der Waals surface area contributed by atoms with Crippen LogP contribution in [0.5, 0.6) is 5.75 Å². The number of halogens is 1. The van der Waals surface area contributed by atoms with Crippen molar-refractivity contribution in [2.24, 2.45) is 0 Å². The molecule has 0 saturated heterocycles. The number of ether oxygens (including phenoxy) is 1. The maximum absolute atomic E-state index is 13.2. The number of carbonyl (C=O) groups excluding carboxylic acids is 1. The highest BCUT2D eigenvalue weighted by Gasteiger charge is 2.21. The number of pyridine rings is 1. The number of likely N-dealkylation sites (N-methyl/N-ethyl adjacent to an activating group) is 1. The monoisotopic (exact) mass is 401 g/mol. The van der Waals surface area contributed by atoms with Crippen molar-refractivity contribution in [1.29, 1.82) is 0 Å². The van der Waals surface area contributed by atoms with Gasteiger partial charge in [0.15, 0.2) is 11.5 Å². The molecule has 1 atom stereocenters. The van der Waals surface area contributed by atoms with Gasteiger partial charge in [-0.3, -0.25) is 14.2 Å². The van der Waals surface area contributed by atoms with Crippen molar-refractivity contribution in [3.05, 3.63) is 57.5 Å². The van der Waals surface area contributed by atoms with Crippen molar-refractivity contribution >= 4 is 34.5 Å². The van der Waals surface area contributed by atoms with Crippen LogP contribution in [-0.2, 0) is 4.79 Å². The molecule has 0 aliphatic heterocycles. The van der Waals surface area contributed by atoms with E-state index < -0.39 is 11.6 Å². The second-order valence-electron chi connectivity index (χ2n) is 6.11. The van der Waals surface area contributed by atoms with Crippen molar-refractivity contribution in [2.75, 3.05) is 26.0 Å². The van der Waals surface area contributed by atoms with Gasteiger partial charge < -0.3 is 15.4 Å². The number of aromatic nitrogens is 3. The number of hydrogen-bond acceptors (Lipinski definition) is 6. The first-order valence-electron chi connectivity index (χ1n) is 8.62. The number of rotatable bonds is 6. The SMILES string of the molecule is CNCC(=O)Nc1nc2ccc(Cl)nc2n([C@@H](C)c2ccccc2OC)c1=O. The van der Waals surface area contributed by atoms with Crippen molar-refractivity contribution in [3.8, 4) is 5.75 Å². The minimum absolute atomic E-state index is 0.0556. The van der Waals surface area contributed by atoms with Gasteiger partial charge >= 0.3 is 0 Å². The lowest BCUT2D eigenvalue weighted by atomic mass is 10.1. The zero-order valence-corrected chi connectivity index (χ0v) is 16.4. The second kappa shape index (κ2) is 8.37. The Morgan fingerprint density at radius 2 is 2.00 bits per heavy atom. The molecular weight excluding hydrogens is 382 g/mol. The van der Waals surface area contributed by atoms with E-state index in [0.717, 1.165) is 5.56 Å². The Labute approximate surface area is 166 Å². The molecule has 8 nitrogen and oxygen atoms in total. The Balaban J connectivity index is 2.24. The third-order valence-electron chi connectivity index (χ3n) is 4.27. The smallest absolute Gasteiger partial charge is 0.295 e. The Morgan fingerprint density at radius 1 is 1.25 bits per heavy atom. The summed E-state index contributed by atoms with van der Waals surface area (Å²) in [5.74, 6) is 0.193. The molecule has 9 heteroatoms. The lowest BCUT2D eigenvalue weighted by molar-refractivity contribution is -0.115. The highest BCUT2D eigenvalue weighted by molar-refractivity contribution is 6.29. The number of carbonyl (C=O) groups is 1. The first-order valence-corrected chi connectivity index (χ1v) is 9.00. The number of amides is 1. The molecule has 0 aliphatic carbocycles. The standard InChI is InChI=1S/C19H20ClN5O3/c1-11(12-6-4-5-7-14(12)28-3)25-18-13(8-9-15(20)23-18)22-17(19(25)27)24-16(26)10-21-2/h4-9,11,21H,10H2,1-3H3,(H,22,24,26)/t11-/m0/s1. The zero-order chi connectivity index (χ0) is 20.3. The number of hydrogen-bond donors (Lipinski definition) is 2. The molecule has 28 heavy (non-hydrogen) atoms. The fourth-order valence-corrected chi connectivity index (χ4v) is 3.13. The molecule has 1 amide bonds. The van der Waals surface area contributed by atoms with E-state index in [1.807, 2.05) is 31.2 Å². The number of para-hydroxylation sites is 1. The molecule has 1 aromatic carbocycles. The molecule has 2 aromatic heterocycles. The first kappa shape index (κ1) is 19.8. The van der Waals surface area contributed by atoms with Crippen LogP contribution in [0.2, 0.25) is 5.15 Å². The summed E-state index contributed by atoms with van der Waals surface area (Å²) in [6, 6.07) is 10.2. The van der Waals surface area contributed by atoms with Crippen LogP contribution in [0.4, 0.5) is 5.82 Å². The third kappa shape index (κ3) is 3.83. The van der Waals surface area contributed by atoms with Crippen molar-refractivity contribution < 1.29 is 9.53 Å². The number of anilines is 1. The molecule has 146 valence electrons. The summed E-state index contributed by atoms with van der Waals surface area (Å²) in [5.41, 5.74) is 1.06. The van der Waals surface area contributed by atoms with Crippen LogP contribution in [0.15, 0.2) is 41.2 Å². The topological polar surface area (TPSA) is 98.1 Å². The molecule has 3 rings (SSSR count). The molecule has 0 unspecified atom stereocenters. The molecule has 0 aliphatic rings. The molecule has 3 aromatic rings. The lowest BCUT2D eigenvalue weighted by Gasteiger charge is -2.20. The summed E-state index contributed by atoms with van der Waals surface area (Å²) in [6.45, 7) is 1.90. The minimum Gasteiger partial charge on any atom is -0.496 e. The van der Waals surface area contributed by atoms with Gasteiger partial charge in [0.2, 0.25) is 5.91 Å². The average molecular weight is 402 g/mol. The number of fused-ring (bicyclic) bond motifs is 1. The van der Waals surface area contributed by atoms with Gasteiger partial charge in [-0.05, 0) is 32.2 Å². The van der Waals surface area contributed by atoms with E-state index in [4.69, 9.17) is 16.3 Å². The molecular formula is C19H20ClN5O3. The fourth-order valence-electron chi connectivity index (χ4n) is 2.99. The van der Waals surface area contributed by atoms with Crippen LogP contribution < -0.4 is 20.9 Å². The highest BCUT2D eigenvalue weighted by Crippen LogP contribution is 2.28.